The number of nitrogens with zero attached hydrogens (tertiary/aromatic N) is 2. The fourth-order valence-electron chi connectivity index (χ4n) is 2.04. The quantitative estimate of drug-likeness (QED) is 0.782. The molecule has 0 unspecified atom stereocenters. The molecule has 2 heterocycles. The largest absolute Gasteiger partial charge is 0.459 e. The van der Waals surface area contributed by atoms with Crippen molar-refractivity contribution < 1.29 is 9.21 Å². The Kier molecular flexibility index (Phi) is 3.82. The lowest BCUT2D eigenvalue weighted by molar-refractivity contribution is 0.0996. The van der Waals surface area contributed by atoms with Gasteiger partial charge in [0.2, 0.25) is 0 Å². The van der Waals surface area contributed by atoms with E-state index in [1.807, 2.05) is 29.1 Å². The lowest BCUT2D eigenvalue weighted by Crippen LogP contribution is -2.10. The number of hydrogen-bond acceptors (Lipinski definition) is 3. The Balaban J connectivity index is 1.57. The van der Waals surface area contributed by atoms with Crippen molar-refractivity contribution in [2.45, 2.75) is 13.0 Å². The van der Waals surface area contributed by atoms with Crippen LogP contribution in [-0.2, 0) is 13.0 Å². The van der Waals surface area contributed by atoms with Gasteiger partial charge >= 0.3 is 0 Å². The number of hydrogen-bond donors (Lipinski definition) is 1. The molecule has 0 aliphatic heterocycles. The Labute approximate surface area is 122 Å². The second kappa shape index (κ2) is 6.09. The summed E-state index contributed by atoms with van der Waals surface area (Å²) in [5.41, 5.74) is 1.92. The third-order valence-electron chi connectivity index (χ3n) is 3.11. The molecule has 5 nitrogen and oxygen atoms in total. The Bertz CT molecular complexity index is 702. The monoisotopic (exact) mass is 281 g/mol. The smallest absolute Gasteiger partial charge is 0.291 e. The first-order valence-electron chi connectivity index (χ1n) is 6.72. The lowest BCUT2D eigenvalue weighted by atomic mass is 10.1. The second-order valence-corrected chi connectivity index (χ2v) is 4.66. The van der Waals surface area contributed by atoms with Crippen LogP contribution in [-0.4, -0.2) is 15.7 Å². The summed E-state index contributed by atoms with van der Waals surface area (Å²) in [5, 5.41) is 6.98. The summed E-state index contributed by atoms with van der Waals surface area (Å²) in [7, 11) is 0. The number of nitrogens with one attached hydrogen (secondary N) is 1. The molecule has 0 bridgehead atoms. The van der Waals surface area contributed by atoms with E-state index in [1.165, 1.54) is 11.8 Å². The van der Waals surface area contributed by atoms with Gasteiger partial charge in [0.25, 0.3) is 5.91 Å². The van der Waals surface area contributed by atoms with E-state index in [9.17, 15) is 4.79 Å². The van der Waals surface area contributed by atoms with Gasteiger partial charge in [-0.3, -0.25) is 9.48 Å². The van der Waals surface area contributed by atoms with Gasteiger partial charge < -0.3 is 9.73 Å². The van der Waals surface area contributed by atoms with E-state index in [0.29, 0.717) is 5.69 Å². The molecule has 1 amide bonds. The molecule has 2 aromatic heterocycles. The standard InChI is InChI=1S/C16H15N3O2/c20-16(15-7-4-10-21-15)18-14-11-17-19(12-14)9-8-13-5-2-1-3-6-13/h1-7,10-12H,8-9H2,(H,18,20). The van der Waals surface area contributed by atoms with Crippen molar-refractivity contribution in [1.29, 1.82) is 0 Å². The normalized spacial score (nSPS) is 10.5. The molecular formula is C16H15N3O2. The van der Waals surface area contributed by atoms with E-state index in [-0.39, 0.29) is 11.7 Å². The third-order valence-corrected chi connectivity index (χ3v) is 3.11. The van der Waals surface area contributed by atoms with Crippen LogP contribution in [0.1, 0.15) is 16.1 Å². The summed E-state index contributed by atoms with van der Waals surface area (Å²) in [6, 6.07) is 13.5. The average molecular weight is 281 g/mol. The van der Waals surface area contributed by atoms with Gasteiger partial charge in [-0.2, -0.15) is 5.10 Å². The van der Waals surface area contributed by atoms with Crippen molar-refractivity contribution in [1.82, 2.24) is 9.78 Å². The van der Waals surface area contributed by atoms with E-state index >= 15 is 0 Å². The molecular weight excluding hydrogens is 266 g/mol. The molecule has 0 spiro atoms. The highest BCUT2D eigenvalue weighted by atomic mass is 16.3. The number of furan rings is 1. The van der Waals surface area contributed by atoms with E-state index in [1.54, 1.807) is 18.3 Å². The first kappa shape index (κ1) is 13.2. The molecule has 0 saturated heterocycles. The topological polar surface area (TPSA) is 60.1 Å². The Morgan fingerprint density at radius 1 is 1.19 bits per heavy atom. The van der Waals surface area contributed by atoms with Crippen LogP contribution in [0.5, 0.6) is 0 Å². The zero-order valence-electron chi connectivity index (χ0n) is 11.4. The Hall–Kier alpha value is -2.82. The van der Waals surface area contributed by atoms with Gasteiger partial charge in [-0.25, -0.2) is 0 Å². The lowest BCUT2D eigenvalue weighted by Gasteiger charge is -2.02. The number of carbonyl (C=O) groups excluding carboxylic acids is 1. The van der Waals surface area contributed by atoms with Crippen LogP contribution in [0.15, 0.2) is 65.5 Å². The maximum absolute atomic E-state index is 11.8. The average Bonchev–Trinajstić information content (AvgIpc) is 3.18. The molecule has 21 heavy (non-hydrogen) atoms. The zero-order chi connectivity index (χ0) is 14.5. The highest BCUT2D eigenvalue weighted by Crippen LogP contribution is 2.09. The van der Waals surface area contributed by atoms with Gasteiger partial charge in [-0.15, -0.1) is 0 Å². The number of aromatic nitrogens is 2. The van der Waals surface area contributed by atoms with Gasteiger partial charge in [-0.05, 0) is 24.1 Å². The van der Waals surface area contributed by atoms with Gasteiger partial charge in [0.05, 0.1) is 18.1 Å². The van der Waals surface area contributed by atoms with E-state index < -0.39 is 0 Å². The number of carbonyl (C=O) groups is 1. The zero-order valence-corrected chi connectivity index (χ0v) is 11.4. The summed E-state index contributed by atoms with van der Waals surface area (Å²) < 4.78 is 6.85. The summed E-state index contributed by atoms with van der Waals surface area (Å²) in [6.45, 7) is 0.765. The summed E-state index contributed by atoms with van der Waals surface area (Å²) in [4.78, 5) is 11.8. The molecule has 5 heteroatoms. The molecule has 1 N–H and O–H groups in total. The van der Waals surface area contributed by atoms with Crippen LogP contribution in [0.3, 0.4) is 0 Å². The summed E-state index contributed by atoms with van der Waals surface area (Å²) >= 11 is 0. The molecule has 1 aromatic carbocycles. The number of anilines is 1. The molecule has 106 valence electrons. The van der Waals surface area contributed by atoms with Crippen LogP contribution < -0.4 is 5.32 Å². The number of benzene rings is 1. The third kappa shape index (κ3) is 3.39. The minimum atomic E-state index is -0.275. The SMILES string of the molecule is O=C(Nc1cnn(CCc2ccccc2)c1)c1ccco1. The van der Waals surface area contributed by atoms with Crippen molar-refractivity contribution >= 4 is 11.6 Å². The van der Waals surface area contributed by atoms with Gasteiger partial charge in [0.15, 0.2) is 5.76 Å². The van der Waals surface area contributed by atoms with Crippen molar-refractivity contribution in [2.24, 2.45) is 0 Å². The van der Waals surface area contributed by atoms with Crippen LogP contribution in [0.25, 0.3) is 0 Å². The van der Waals surface area contributed by atoms with Crippen molar-refractivity contribution in [3.63, 3.8) is 0 Å². The molecule has 0 radical (unpaired) electrons. The second-order valence-electron chi connectivity index (χ2n) is 4.66. The maximum atomic E-state index is 11.8. The van der Waals surface area contributed by atoms with Crippen LogP contribution in [0, 0.1) is 0 Å². The van der Waals surface area contributed by atoms with Crippen LogP contribution >= 0.6 is 0 Å². The molecule has 3 rings (SSSR count). The van der Waals surface area contributed by atoms with Crippen LogP contribution in [0.2, 0.25) is 0 Å². The predicted molar refractivity (Wildman–Crippen MR) is 79.0 cm³/mol. The van der Waals surface area contributed by atoms with E-state index in [0.717, 1.165) is 13.0 Å². The molecule has 0 atom stereocenters. The fourth-order valence-corrected chi connectivity index (χ4v) is 2.04. The van der Waals surface area contributed by atoms with E-state index in [4.69, 9.17) is 4.42 Å². The Morgan fingerprint density at radius 2 is 2.05 bits per heavy atom. The minimum absolute atomic E-state index is 0.275. The molecule has 0 aliphatic carbocycles. The highest BCUT2D eigenvalue weighted by molar-refractivity contribution is 6.02. The van der Waals surface area contributed by atoms with Gasteiger partial charge in [0.1, 0.15) is 0 Å². The molecule has 0 saturated carbocycles. The first-order valence-corrected chi connectivity index (χ1v) is 6.72. The van der Waals surface area contributed by atoms with E-state index in [2.05, 4.69) is 22.5 Å². The highest BCUT2D eigenvalue weighted by Gasteiger charge is 2.09. The van der Waals surface area contributed by atoms with Crippen molar-refractivity contribution in [2.75, 3.05) is 5.32 Å². The number of rotatable bonds is 5. The van der Waals surface area contributed by atoms with Gasteiger partial charge in [0, 0.05) is 12.7 Å². The minimum Gasteiger partial charge on any atom is -0.459 e. The van der Waals surface area contributed by atoms with Crippen molar-refractivity contribution in [3.05, 3.63) is 72.4 Å². The Morgan fingerprint density at radius 3 is 2.81 bits per heavy atom. The summed E-state index contributed by atoms with van der Waals surface area (Å²) in [6.07, 6.45) is 5.81. The molecule has 0 aliphatic rings. The first-order chi connectivity index (χ1) is 10.3. The number of amides is 1. The number of aryl methyl sites for hydroxylation is 2. The van der Waals surface area contributed by atoms with Crippen molar-refractivity contribution in [3.8, 4) is 0 Å². The van der Waals surface area contributed by atoms with Gasteiger partial charge in [-0.1, -0.05) is 30.3 Å². The molecule has 3 aromatic rings. The predicted octanol–water partition coefficient (Wildman–Crippen LogP) is 2.97. The molecule has 0 fully saturated rings. The summed E-state index contributed by atoms with van der Waals surface area (Å²) in [5.74, 6) is 0.00893. The maximum Gasteiger partial charge on any atom is 0.291 e. The fraction of sp³-hybridized carbons (Fsp3) is 0.125. The van der Waals surface area contributed by atoms with Crippen LogP contribution in [0.4, 0.5) is 5.69 Å².